The second-order valence-corrected chi connectivity index (χ2v) is 17.1. The molecule has 0 aromatic heterocycles. The van der Waals surface area contributed by atoms with Gasteiger partial charge in [-0.25, -0.2) is 0 Å². The average molecular weight is 731 g/mol. The Kier molecular flexibility index (Phi) is 33.5. The Morgan fingerprint density at radius 1 is 0.680 bits per heavy atom. The Morgan fingerprint density at radius 3 is 1.50 bits per heavy atom. The number of nitrogens with one attached hydrogen (secondary N) is 1. The molecule has 0 spiro atoms. The summed E-state index contributed by atoms with van der Waals surface area (Å²) in [5, 5.41) is 13.7. The molecule has 2 N–H and O–H groups in total. The first kappa shape index (κ1) is 49.2. The minimum Gasteiger partial charge on any atom is -0.756 e. The maximum absolute atomic E-state index is 12.8. The lowest BCUT2D eigenvalue weighted by atomic mass is 10.0. The number of hydrogen-bond donors (Lipinski definition) is 2. The number of quaternary nitrogens is 1. The number of phosphoric acid groups is 1. The van der Waals surface area contributed by atoms with Crippen LogP contribution in [0.25, 0.3) is 0 Å². The lowest BCUT2D eigenvalue weighted by molar-refractivity contribution is -0.870. The van der Waals surface area contributed by atoms with Crippen LogP contribution in [0.15, 0.2) is 12.2 Å². The second kappa shape index (κ2) is 34.0. The van der Waals surface area contributed by atoms with Gasteiger partial charge in [0.15, 0.2) is 0 Å². The molecule has 9 heteroatoms. The van der Waals surface area contributed by atoms with Crippen LogP contribution in [0.3, 0.4) is 0 Å². The summed E-state index contributed by atoms with van der Waals surface area (Å²) in [6.07, 6.45) is 36.8. The van der Waals surface area contributed by atoms with Crippen LogP contribution < -0.4 is 10.2 Å². The SMILES string of the molecule is CCCCCCCCCC/C=C/C(O)C(COP(=O)([O-])OCC[N+](C)(C)C)NC(=O)CCCCCCCCCCCCCCCCCCCC. The van der Waals surface area contributed by atoms with Crippen molar-refractivity contribution >= 4 is 13.7 Å². The fourth-order valence-corrected chi connectivity index (χ4v) is 6.82. The normalized spacial score (nSPS) is 14.6. The third kappa shape index (κ3) is 35.6. The maximum atomic E-state index is 12.8. The number of unbranched alkanes of at least 4 members (excludes halogenated alkanes) is 25. The van der Waals surface area contributed by atoms with E-state index in [1.165, 1.54) is 135 Å². The zero-order chi connectivity index (χ0) is 37.2. The Bertz CT molecular complexity index is 834. The molecule has 298 valence electrons. The first-order chi connectivity index (χ1) is 24.0. The fraction of sp³-hybridized carbons (Fsp3) is 0.927. The number of hydrogen-bond acceptors (Lipinski definition) is 6. The van der Waals surface area contributed by atoms with E-state index in [-0.39, 0.29) is 19.1 Å². The molecule has 0 aliphatic heterocycles. The standard InChI is InChI=1S/C41H83N2O6P/c1-6-8-10-12-14-16-18-19-20-21-22-23-24-25-27-29-31-33-35-41(45)42-39(38-49-50(46,47)48-37-36-43(3,4)5)40(44)34-32-30-28-26-17-15-13-11-9-7-2/h32,34,39-40,44H,6-31,33,35-38H2,1-5H3,(H-,42,45,46,47)/b34-32+. The van der Waals surface area contributed by atoms with E-state index in [1.54, 1.807) is 6.08 Å². The molecule has 50 heavy (non-hydrogen) atoms. The van der Waals surface area contributed by atoms with E-state index in [4.69, 9.17) is 9.05 Å². The number of rotatable bonds is 38. The zero-order valence-electron chi connectivity index (χ0n) is 33.6. The highest BCUT2D eigenvalue weighted by molar-refractivity contribution is 7.45. The summed E-state index contributed by atoms with van der Waals surface area (Å²) < 4.78 is 23.1. The van der Waals surface area contributed by atoms with Crippen LogP contribution in [0, 0.1) is 0 Å². The van der Waals surface area contributed by atoms with Crippen molar-refractivity contribution in [3.63, 3.8) is 0 Å². The number of aliphatic hydroxyl groups is 1. The molecule has 0 fully saturated rings. The molecule has 0 aromatic rings. The van der Waals surface area contributed by atoms with Crippen molar-refractivity contribution < 1.29 is 32.9 Å². The van der Waals surface area contributed by atoms with E-state index in [2.05, 4.69) is 19.2 Å². The summed E-state index contributed by atoms with van der Waals surface area (Å²) in [6, 6.07) is -0.878. The summed E-state index contributed by atoms with van der Waals surface area (Å²) in [7, 11) is 1.27. The maximum Gasteiger partial charge on any atom is 0.268 e. The van der Waals surface area contributed by atoms with Crippen molar-refractivity contribution in [2.75, 3.05) is 40.9 Å². The van der Waals surface area contributed by atoms with Crippen LogP contribution in [0.4, 0.5) is 0 Å². The van der Waals surface area contributed by atoms with E-state index < -0.39 is 20.0 Å². The van der Waals surface area contributed by atoms with Crippen molar-refractivity contribution in [3.05, 3.63) is 12.2 Å². The number of phosphoric ester groups is 1. The lowest BCUT2D eigenvalue weighted by Gasteiger charge is -2.29. The minimum atomic E-state index is -4.57. The van der Waals surface area contributed by atoms with Gasteiger partial charge >= 0.3 is 0 Å². The molecule has 0 aromatic carbocycles. The number of aliphatic hydroxyl groups excluding tert-OH is 1. The Hall–Kier alpha value is -0.760. The third-order valence-electron chi connectivity index (χ3n) is 9.50. The van der Waals surface area contributed by atoms with Crippen molar-refractivity contribution in [1.82, 2.24) is 5.32 Å². The number of likely N-dealkylation sites (N-methyl/N-ethyl adjacent to an activating group) is 1. The van der Waals surface area contributed by atoms with Crippen LogP contribution >= 0.6 is 7.82 Å². The Labute approximate surface area is 310 Å². The number of carbonyl (C=O) groups excluding carboxylic acids is 1. The predicted octanol–water partition coefficient (Wildman–Crippen LogP) is 10.6. The second-order valence-electron chi connectivity index (χ2n) is 15.7. The number of amides is 1. The van der Waals surface area contributed by atoms with Gasteiger partial charge in [-0.3, -0.25) is 9.36 Å². The molecule has 0 heterocycles. The largest absolute Gasteiger partial charge is 0.756 e. The molecule has 0 bridgehead atoms. The fourth-order valence-electron chi connectivity index (χ4n) is 6.09. The summed E-state index contributed by atoms with van der Waals surface area (Å²) in [5.41, 5.74) is 0. The lowest BCUT2D eigenvalue weighted by Crippen LogP contribution is -2.45. The van der Waals surface area contributed by atoms with Gasteiger partial charge < -0.3 is 28.8 Å². The Balaban J connectivity index is 4.34. The van der Waals surface area contributed by atoms with E-state index in [0.29, 0.717) is 17.4 Å². The molecule has 0 saturated heterocycles. The summed E-state index contributed by atoms with van der Waals surface area (Å²) in [5.74, 6) is -0.197. The van der Waals surface area contributed by atoms with Crippen LogP contribution in [0.2, 0.25) is 0 Å². The van der Waals surface area contributed by atoms with Gasteiger partial charge in [-0.15, -0.1) is 0 Å². The first-order valence-electron chi connectivity index (χ1n) is 21.1. The third-order valence-corrected chi connectivity index (χ3v) is 10.5. The van der Waals surface area contributed by atoms with Gasteiger partial charge in [-0.1, -0.05) is 180 Å². The minimum absolute atomic E-state index is 0.00171. The van der Waals surface area contributed by atoms with Crippen LogP contribution in [-0.2, 0) is 18.4 Å². The molecule has 8 nitrogen and oxygen atoms in total. The highest BCUT2D eigenvalue weighted by Gasteiger charge is 2.23. The smallest absolute Gasteiger partial charge is 0.268 e. The number of nitrogens with zero attached hydrogens (tertiary/aromatic N) is 1. The molecular formula is C41H83N2O6P. The van der Waals surface area contributed by atoms with Gasteiger partial charge in [0, 0.05) is 6.42 Å². The summed E-state index contributed by atoms with van der Waals surface area (Å²) in [4.78, 5) is 25.2. The molecule has 0 aliphatic rings. The number of carbonyl (C=O) groups is 1. The van der Waals surface area contributed by atoms with Gasteiger partial charge in [0.25, 0.3) is 7.82 Å². The highest BCUT2D eigenvalue weighted by Crippen LogP contribution is 2.38. The van der Waals surface area contributed by atoms with Gasteiger partial charge in [0.1, 0.15) is 13.2 Å². The molecule has 0 saturated carbocycles. The van der Waals surface area contributed by atoms with Crippen molar-refractivity contribution in [1.29, 1.82) is 0 Å². The molecule has 1 amide bonds. The highest BCUT2D eigenvalue weighted by atomic mass is 31.2. The van der Waals surface area contributed by atoms with Crippen LogP contribution in [-0.4, -0.2) is 68.5 Å². The van der Waals surface area contributed by atoms with Crippen molar-refractivity contribution in [3.8, 4) is 0 Å². The first-order valence-corrected chi connectivity index (χ1v) is 22.5. The van der Waals surface area contributed by atoms with Gasteiger partial charge in [0.2, 0.25) is 5.91 Å². The van der Waals surface area contributed by atoms with Crippen LogP contribution in [0.5, 0.6) is 0 Å². The quantitative estimate of drug-likeness (QED) is 0.0283. The van der Waals surface area contributed by atoms with E-state index in [9.17, 15) is 19.4 Å². The monoisotopic (exact) mass is 731 g/mol. The van der Waals surface area contributed by atoms with Gasteiger partial charge in [-0.05, 0) is 19.3 Å². The predicted molar refractivity (Wildman–Crippen MR) is 210 cm³/mol. The molecule has 3 unspecified atom stereocenters. The molecular weight excluding hydrogens is 647 g/mol. The zero-order valence-corrected chi connectivity index (χ0v) is 34.5. The van der Waals surface area contributed by atoms with Crippen LogP contribution in [0.1, 0.15) is 194 Å². The summed E-state index contributed by atoms with van der Waals surface area (Å²) >= 11 is 0. The van der Waals surface area contributed by atoms with Crippen molar-refractivity contribution in [2.45, 2.75) is 206 Å². The topological polar surface area (TPSA) is 108 Å². The average Bonchev–Trinajstić information content (AvgIpc) is 3.06. The molecule has 0 rings (SSSR count). The molecule has 0 aliphatic carbocycles. The number of allylic oxidation sites excluding steroid dienone is 1. The summed E-state index contributed by atoms with van der Waals surface area (Å²) in [6.45, 7) is 4.63. The molecule has 0 radical (unpaired) electrons. The van der Waals surface area contributed by atoms with Gasteiger partial charge in [-0.2, -0.15) is 0 Å². The van der Waals surface area contributed by atoms with E-state index >= 15 is 0 Å². The van der Waals surface area contributed by atoms with Crippen molar-refractivity contribution in [2.24, 2.45) is 0 Å². The van der Waals surface area contributed by atoms with Gasteiger partial charge in [0.05, 0.1) is 39.9 Å². The Morgan fingerprint density at radius 2 is 1.08 bits per heavy atom. The van der Waals surface area contributed by atoms with E-state index in [0.717, 1.165) is 38.5 Å². The molecule has 3 atom stereocenters. The van der Waals surface area contributed by atoms with E-state index in [1.807, 2.05) is 27.2 Å².